The lowest BCUT2D eigenvalue weighted by molar-refractivity contribution is 0.177. The average molecular weight is 355 g/mol. The molecule has 0 spiro atoms. The summed E-state index contributed by atoms with van der Waals surface area (Å²) in [5.74, 6) is 0.115. The van der Waals surface area contributed by atoms with Crippen molar-refractivity contribution in [3.8, 4) is 0 Å². The molecule has 0 atom stereocenters. The van der Waals surface area contributed by atoms with Crippen molar-refractivity contribution in [2.75, 3.05) is 23.5 Å². The first-order valence-electron chi connectivity index (χ1n) is 6.17. The first-order valence-corrected chi connectivity index (χ1v) is 7.46. The van der Waals surface area contributed by atoms with Gasteiger partial charge in [-0.25, -0.2) is 9.78 Å². The van der Waals surface area contributed by atoms with Crippen LogP contribution in [0.5, 0.6) is 0 Å². The number of nitrogens with one attached hydrogen (secondary N) is 4. The average Bonchev–Trinajstić information content (AvgIpc) is 3.01. The summed E-state index contributed by atoms with van der Waals surface area (Å²) < 4.78 is 4.41. The van der Waals surface area contributed by atoms with E-state index in [1.165, 1.54) is 18.4 Å². The zero-order valence-electron chi connectivity index (χ0n) is 11.9. The number of hydrogen-bond donors (Lipinski definition) is 5. The van der Waals surface area contributed by atoms with E-state index < -0.39 is 11.7 Å². The molecule has 2 aromatic heterocycles. The number of thiocarbonyl (C=S) groups is 1. The summed E-state index contributed by atoms with van der Waals surface area (Å²) >= 11 is 6.36. The van der Waals surface area contributed by atoms with Crippen molar-refractivity contribution in [2.24, 2.45) is 0 Å². The van der Waals surface area contributed by atoms with Gasteiger partial charge in [-0.15, -0.1) is 11.3 Å². The van der Waals surface area contributed by atoms with E-state index in [0.717, 1.165) is 5.01 Å². The fourth-order valence-corrected chi connectivity index (χ4v) is 2.26. The van der Waals surface area contributed by atoms with Crippen LogP contribution >= 0.6 is 23.6 Å². The second kappa shape index (κ2) is 7.51. The smallest absolute Gasteiger partial charge is 0.413 e. The predicted octanol–water partition coefficient (Wildman–Crippen LogP) is 0.473. The van der Waals surface area contributed by atoms with Gasteiger partial charge in [0, 0.05) is 11.6 Å². The number of thiazole rings is 1. The van der Waals surface area contributed by atoms with Crippen LogP contribution in [0.2, 0.25) is 0 Å². The Morgan fingerprint density at radius 3 is 3.00 bits per heavy atom. The molecule has 0 radical (unpaired) electrons. The molecule has 0 aliphatic heterocycles. The highest BCUT2D eigenvalue weighted by atomic mass is 32.1. The van der Waals surface area contributed by atoms with Gasteiger partial charge < -0.3 is 21.1 Å². The fourth-order valence-electron chi connectivity index (χ4n) is 1.52. The second-order valence-electron chi connectivity index (χ2n) is 4.02. The number of carbonyl (C=O) groups excluding carboxylic acids is 1. The van der Waals surface area contributed by atoms with Crippen molar-refractivity contribution >= 4 is 52.2 Å². The molecular weight excluding hydrogens is 342 g/mol. The zero-order chi connectivity index (χ0) is 16.8. The van der Waals surface area contributed by atoms with Gasteiger partial charge >= 0.3 is 6.09 Å². The minimum atomic E-state index is -0.764. The number of nitrogen functional groups attached to an aromatic ring is 1. The van der Waals surface area contributed by atoms with Gasteiger partial charge in [-0.1, -0.05) is 0 Å². The van der Waals surface area contributed by atoms with Gasteiger partial charge in [-0.2, -0.15) is 4.98 Å². The van der Waals surface area contributed by atoms with Crippen LogP contribution in [0.25, 0.3) is 0 Å². The Balaban J connectivity index is 2.18. The lowest BCUT2D eigenvalue weighted by atomic mass is 10.4. The summed E-state index contributed by atoms with van der Waals surface area (Å²) in [6.45, 7) is 0.347. The number of methoxy groups -OCH3 is 1. The standard InChI is InChI=1S/C11H13N7O3S2/c1-21-11(20)18-10(22)15-6-7(16-9(12)17-8(6)19)14-4-5-13-2-3-23-5/h2-3H,4H2,1H3,(H2,15,18,20,22)(H4,12,14,16,17,19). The number of rotatable bonds is 4. The van der Waals surface area contributed by atoms with Gasteiger partial charge in [0.15, 0.2) is 10.9 Å². The molecule has 0 aliphatic rings. The van der Waals surface area contributed by atoms with Crippen molar-refractivity contribution in [1.29, 1.82) is 0 Å². The van der Waals surface area contributed by atoms with E-state index in [0.29, 0.717) is 6.54 Å². The Kier molecular flexibility index (Phi) is 5.43. The Bertz CT molecular complexity index is 759. The van der Waals surface area contributed by atoms with Gasteiger partial charge in [-0.05, 0) is 12.2 Å². The number of anilines is 3. The molecule has 0 saturated carbocycles. The van der Waals surface area contributed by atoms with Crippen LogP contribution in [0.1, 0.15) is 5.01 Å². The van der Waals surface area contributed by atoms with Gasteiger partial charge in [0.2, 0.25) is 5.95 Å². The first-order chi connectivity index (χ1) is 11.0. The first kappa shape index (κ1) is 16.6. The molecule has 0 unspecified atom stereocenters. The summed E-state index contributed by atoms with van der Waals surface area (Å²) in [6, 6.07) is 0. The third-order valence-corrected chi connectivity index (χ3v) is 3.45. The number of nitrogens with two attached hydrogens (primary N) is 1. The molecule has 0 bridgehead atoms. The molecule has 1 amide bonds. The van der Waals surface area contributed by atoms with Crippen LogP contribution in [0.3, 0.4) is 0 Å². The minimum absolute atomic E-state index is 0.0113. The number of ether oxygens (including phenoxy) is 1. The molecule has 0 aromatic carbocycles. The van der Waals surface area contributed by atoms with Crippen molar-refractivity contribution in [1.82, 2.24) is 20.3 Å². The molecule has 23 heavy (non-hydrogen) atoms. The fraction of sp³-hybridized carbons (Fsp3) is 0.182. The van der Waals surface area contributed by atoms with Gasteiger partial charge in [0.1, 0.15) is 10.7 Å². The maximum absolute atomic E-state index is 12.0. The Morgan fingerprint density at radius 2 is 2.35 bits per heavy atom. The van der Waals surface area contributed by atoms with Crippen molar-refractivity contribution in [3.63, 3.8) is 0 Å². The largest absolute Gasteiger partial charge is 0.453 e. The SMILES string of the molecule is COC(=O)NC(=S)Nc1c(NCc2nccs2)nc(N)[nH]c1=O. The Hall–Kier alpha value is -2.73. The van der Waals surface area contributed by atoms with Crippen molar-refractivity contribution in [3.05, 3.63) is 26.9 Å². The highest BCUT2D eigenvalue weighted by Gasteiger charge is 2.14. The molecule has 0 saturated heterocycles. The third kappa shape index (κ3) is 4.62. The predicted molar refractivity (Wildman–Crippen MR) is 90.5 cm³/mol. The summed E-state index contributed by atoms with van der Waals surface area (Å²) in [4.78, 5) is 33.6. The van der Waals surface area contributed by atoms with Gasteiger partial charge in [-0.3, -0.25) is 15.1 Å². The van der Waals surface area contributed by atoms with E-state index in [1.54, 1.807) is 6.20 Å². The van der Waals surface area contributed by atoms with E-state index >= 15 is 0 Å². The normalized spacial score (nSPS) is 9.96. The summed E-state index contributed by atoms with van der Waals surface area (Å²) in [7, 11) is 1.19. The van der Waals surface area contributed by atoms with E-state index in [2.05, 4.69) is 35.6 Å². The third-order valence-electron chi connectivity index (χ3n) is 2.47. The van der Waals surface area contributed by atoms with Gasteiger partial charge in [0.25, 0.3) is 5.56 Å². The number of aromatic amines is 1. The molecule has 10 nitrogen and oxygen atoms in total. The summed E-state index contributed by atoms with van der Waals surface area (Å²) in [5.41, 5.74) is 5.00. The summed E-state index contributed by atoms with van der Waals surface area (Å²) in [5, 5.41) is 10.2. The number of aromatic nitrogens is 3. The van der Waals surface area contributed by atoms with E-state index in [1.807, 2.05) is 5.38 Å². The quantitative estimate of drug-likeness (QED) is 0.494. The number of alkyl carbamates (subject to hydrolysis) is 1. The van der Waals surface area contributed by atoms with E-state index in [4.69, 9.17) is 18.0 Å². The lowest BCUT2D eigenvalue weighted by Crippen LogP contribution is -2.36. The van der Waals surface area contributed by atoms with Crippen molar-refractivity contribution in [2.45, 2.75) is 6.54 Å². The number of carbonyl (C=O) groups is 1. The molecule has 2 heterocycles. The Morgan fingerprint density at radius 1 is 1.57 bits per heavy atom. The highest BCUT2D eigenvalue weighted by molar-refractivity contribution is 7.80. The van der Waals surface area contributed by atoms with Crippen LogP contribution in [-0.4, -0.2) is 33.3 Å². The maximum atomic E-state index is 12.0. The molecule has 0 aliphatic carbocycles. The molecule has 6 N–H and O–H groups in total. The molecular formula is C11H13N7O3S2. The highest BCUT2D eigenvalue weighted by Crippen LogP contribution is 2.16. The van der Waals surface area contributed by atoms with Crippen LogP contribution in [-0.2, 0) is 11.3 Å². The zero-order valence-corrected chi connectivity index (χ0v) is 13.5. The lowest BCUT2D eigenvalue weighted by Gasteiger charge is -2.12. The molecule has 2 aromatic rings. The maximum Gasteiger partial charge on any atom is 0.413 e. The van der Waals surface area contributed by atoms with Gasteiger partial charge in [0.05, 0.1) is 13.7 Å². The number of H-pyrrole nitrogens is 1. The number of hydrogen-bond acceptors (Lipinski definition) is 9. The molecule has 0 fully saturated rings. The molecule has 122 valence electrons. The molecule has 2 rings (SSSR count). The number of amides is 1. The molecule has 12 heteroatoms. The minimum Gasteiger partial charge on any atom is -0.453 e. The van der Waals surface area contributed by atoms with E-state index in [-0.39, 0.29) is 22.6 Å². The van der Waals surface area contributed by atoms with Crippen LogP contribution < -0.4 is 27.2 Å². The number of nitrogens with zero attached hydrogens (tertiary/aromatic N) is 2. The van der Waals surface area contributed by atoms with E-state index in [9.17, 15) is 9.59 Å². The second-order valence-corrected chi connectivity index (χ2v) is 5.41. The Labute approximate surface area is 139 Å². The monoisotopic (exact) mass is 355 g/mol. The van der Waals surface area contributed by atoms with Crippen LogP contribution in [0.4, 0.5) is 22.2 Å². The van der Waals surface area contributed by atoms with Crippen molar-refractivity contribution < 1.29 is 9.53 Å². The summed E-state index contributed by atoms with van der Waals surface area (Å²) in [6.07, 6.45) is 0.898. The van der Waals surface area contributed by atoms with Crippen LogP contribution in [0, 0.1) is 0 Å². The topological polar surface area (TPSA) is 147 Å². The van der Waals surface area contributed by atoms with Crippen LogP contribution in [0.15, 0.2) is 16.4 Å².